The molecule has 0 aromatic carbocycles. The summed E-state index contributed by atoms with van der Waals surface area (Å²) in [6.45, 7) is 15.5. The number of nitrogens with one attached hydrogen (secondary N) is 1. The van der Waals surface area contributed by atoms with Crippen molar-refractivity contribution < 1.29 is 0 Å². The van der Waals surface area contributed by atoms with Crippen molar-refractivity contribution >= 4 is 0 Å². The first-order chi connectivity index (χ1) is 8.56. The van der Waals surface area contributed by atoms with Crippen LogP contribution in [0.2, 0.25) is 0 Å². The molecule has 1 aliphatic heterocycles. The maximum atomic E-state index is 3.64. The first-order valence-corrected chi connectivity index (χ1v) is 8.03. The molecular weight excluding hydrogens is 220 g/mol. The number of hydrogen-bond donors (Lipinski definition) is 1. The van der Waals surface area contributed by atoms with Gasteiger partial charge in [-0.1, -0.05) is 20.8 Å². The molecular formula is C16H34N2. The minimum absolute atomic E-state index is 0.612. The van der Waals surface area contributed by atoms with Gasteiger partial charge in [0.15, 0.2) is 0 Å². The Morgan fingerprint density at radius 1 is 1.11 bits per heavy atom. The summed E-state index contributed by atoms with van der Waals surface area (Å²) < 4.78 is 0. The Morgan fingerprint density at radius 2 is 1.83 bits per heavy atom. The molecule has 0 aromatic rings. The van der Waals surface area contributed by atoms with Crippen molar-refractivity contribution in [2.24, 2.45) is 11.8 Å². The third-order valence-corrected chi connectivity index (χ3v) is 4.77. The van der Waals surface area contributed by atoms with Crippen molar-refractivity contribution in [3.63, 3.8) is 0 Å². The second-order valence-corrected chi connectivity index (χ2v) is 6.45. The van der Waals surface area contributed by atoms with E-state index < -0.39 is 0 Å². The van der Waals surface area contributed by atoms with Crippen LogP contribution in [0.4, 0.5) is 0 Å². The summed E-state index contributed by atoms with van der Waals surface area (Å²) in [5.41, 5.74) is 0. The molecule has 1 rings (SSSR count). The van der Waals surface area contributed by atoms with E-state index in [4.69, 9.17) is 0 Å². The summed E-state index contributed by atoms with van der Waals surface area (Å²) in [5.74, 6) is 1.80. The van der Waals surface area contributed by atoms with E-state index in [2.05, 4.69) is 44.8 Å². The van der Waals surface area contributed by atoms with Gasteiger partial charge in [0.25, 0.3) is 0 Å². The van der Waals surface area contributed by atoms with Gasteiger partial charge in [-0.3, -0.25) is 4.90 Å². The van der Waals surface area contributed by atoms with Crippen LogP contribution in [0.5, 0.6) is 0 Å². The Morgan fingerprint density at radius 3 is 2.44 bits per heavy atom. The van der Waals surface area contributed by atoms with Crippen LogP contribution >= 0.6 is 0 Å². The van der Waals surface area contributed by atoms with Crippen LogP contribution in [-0.2, 0) is 0 Å². The fourth-order valence-electron chi connectivity index (χ4n) is 3.08. The van der Waals surface area contributed by atoms with Crippen LogP contribution in [0, 0.1) is 11.8 Å². The summed E-state index contributed by atoms with van der Waals surface area (Å²) in [5, 5.41) is 3.64. The van der Waals surface area contributed by atoms with Crippen LogP contribution in [0.1, 0.15) is 60.3 Å². The average molecular weight is 254 g/mol. The van der Waals surface area contributed by atoms with E-state index in [9.17, 15) is 0 Å². The van der Waals surface area contributed by atoms with Crippen molar-refractivity contribution in [1.29, 1.82) is 0 Å². The predicted octanol–water partition coefficient (Wildman–Crippen LogP) is 3.52. The molecule has 1 heterocycles. The highest BCUT2D eigenvalue weighted by Gasteiger charge is 2.24. The molecule has 3 atom stereocenters. The maximum Gasteiger partial charge on any atom is 0.0218 e. The first kappa shape index (κ1) is 16.0. The van der Waals surface area contributed by atoms with Gasteiger partial charge in [-0.15, -0.1) is 0 Å². The number of nitrogens with zero attached hydrogens (tertiary/aromatic N) is 1. The summed E-state index contributed by atoms with van der Waals surface area (Å²) in [6, 6.07) is 1.28. The molecule has 0 saturated carbocycles. The van der Waals surface area contributed by atoms with E-state index in [0.29, 0.717) is 12.1 Å². The zero-order chi connectivity index (χ0) is 13.5. The van der Waals surface area contributed by atoms with Gasteiger partial charge in [0.05, 0.1) is 0 Å². The topological polar surface area (TPSA) is 15.3 Å². The molecule has 0 aliphatic carbocycles. The average Bonchev–Trinajstić information content (AvgIpc) is 2.60. The highest BCUT2D eigenvalue weighted by molar-refractivity contribution is 4.81. The fourth-order valence-corrected chi connectivity index (χ4v) is 3.08. The second-order valence-electron chi connectivity index (χ2n) is 6.45. The molecule has 3 unspecified atom stereocenters. The molecule has 0 spiro atoms. The molecule has 2 nitrogen and oxygen atoms in total. The van der Waals surface area contributed by atoms with Crippen LogP contribution in [0.25, 0.3) is 0 Å². The Labute approximate surface area is 115 Å². The smallest absolute Gasteiger partial charge is 0.0218 e. The normalized spacial score (nSPS) is 26.0. The third-order valence-electron chi connectivity index (χ3n) is 4.77. The first-order valence-electron chi connectivity index (χ1n) is 8.03. The lowest BCUT2D eigenvalue weighted by molar-refractivity contribution is 0.177. The largest absolute Gasteiger partial charge is 0.313 e. The zero-order valence-corrected chi connectivity index (χ0v) is 13.2. The summed E-state index contributed by atoms with van der Waals surface area (Å²) in [4.78, 5) is 2.70. The fraction of sp³-hybridized carbons (Fsp3) is 1.00. The van der Waals surface area contributed by atoms with Crippen LogP contribution in [0.15, 0.2) is 0 Å². The molecule has 108 valence electrons. The van der Waals surface area contributed by atoms with E-state index in [0.717, 1.165) is 18.4 Å². The van der Waals surface area contributed by atoms with Gasteiger partial charge in [-0.05, 0) is 71.0 Å². The van der Waals surface area contributed by atoms with E-state index in [1.54, 1.807) is 0 Å². The number of hydrogen-bond acceptors (Lipinski definition) is 2. The van der Waals surface area contributed by atoms with Gasteiger partial charge < -0.3 is 5.32 Å². The minimum atomic E-state index is 0.612. The van der Waals surface area contributed by atoms with E-state index in [1.807, 2.05) is 0 Å². The van der Waals surface area contributed by atoms with Gasteiger partial charge in [-0.25, -0.2) is 0 Å². The zero-order valence-electron chi connectivity index (χ0n) is 13.2. The second kappa shape index (κ2) is 8.16. The quantitative estimate of drug-likeness (QED) is 0.780. The van der Waals surface area contributed by atoms with Crippen LogP contribution < -0.4 is 5.32 Å². The molecule has 18 heavy (non-hydrogen) atoms. The van der Waals surface area contributed by atoms with E-state index >= 15 is 0 Å². The summed E-state index contributed by atoms with van der Waals surface area (Å²) in [6.07, 6.45) is 5.43. The van der Waals surface area contributed by atoms with Crippen LogP contribution in [-0.4, -0.2) is 36.6 Å². The highest BCUT2D eigenvalue weighted by atomic mass is 15.2. The van der Waals surface area contributed by atoms with Gasteiger partial charge in [0.1, 0.15) is 0 Å². The lowest BCUT2D eigenvalue weighted by Crippen LogP contribution is -2.47. The molecule has 2 heteroatoms. The van der Waals surface area contributed by atoms with Gasteiger partial charge in [0, 0.05) is 12.1 Å². The molecule has 0 bridgehead atoms. The highest BCUT2D eigenvalue weighted by Crippen LogP contribution is 2.25. The number of likely N-dealkylation sites (tertiary alicyclic amines) is 1. The monoisotopic (exact) mass is 254 g/mol. The molecule has 1 aliphatic rings. The molecule has 1 fully saturated rings. The molecule has 0 aromatic heterocycles. The summed E-state index contributed by atoms with van der Waals surface area (Å²) >= 11 is 0. The van der Waals surface area contributed by atoms with Crippen molar-refractivity contribution in [1.82, 2.24) is 10.2 Å². The lowest BCUT2D eigenvalue weighted by atomic mass is 9.89. The maximum absolute atomic E-state index is 3.64. The van der Waals surface area contributed by atoms with Crippen LogP contribution in [0.3, 0.4) is 0 Å². The van der Waals surface area contributed by atoms with Crippen molar-refractivity contribution in [2.75, 3.05) is 19.6 Å². The van der Waals surface area contributed by atoms with Crippen molar-refractivity contribution in [2.45, 2.75) is 72.4 Å². The molecule has 0 radical (unpaired) electrons. The van der Waals surface area contributed by atoms with Gasteiger partial charge >= 0.3 is 0 Å². The number of rotatable bonds is 6. The predicted molar refractivity (Wildman–Crippen MR) is 81.0 cm³/mol. The van der Waals surface area contributed by atoms with Gasteiger partial charge in [-0.2, -0.15) is 0 Å². The SMILES string of the molecule is CCCNC(C)C(C)N1CCCC(C(C)C)CC1. The molecule has 1 N–H and O–H groups in total. The van der Waals surface area contributed by atoms with Crippen molar-refractivity contribution in [3.8, 4) is 0 Å². The standard InChI is InChI=1S/C16H34N2/c1-6-10-17-14(4)15(5)18-11-7-8-16(9-12-18)13(2)3/h13-17H,6-12H2,1-5H3. The lowest BCUT2D eigenvalue weighted by Gasteiger charge is -2.33. The Kier molecular flexibility index (Phi) is 7.25. The summed E-state index contributed by atoms with van der Waals surface area (Å²) in [7, 11) is 0. The molecule has 0 amide bonds. The minimum Gasteiger partial charge on any atom is -0.313 e. The molecule has 1 saturated heterocycles. The van der Waals surface area contributed by atoms with Crippen molar-refractivity contribution in [3.05, 3.63) is 0 Å². The van der Waals surface area contributed by atoms with E-state index in [-0.39, 0.29) is 0 Å². The van der Waals surface area contributed by atoms with Gasteiger partial charge in [0.2, 0.25) is 0 Å². The Balaban J connectivity index is 2.41. The van der Waals surface area contributed by atoms with E-state index in [1.165, 1.54) is 38.8 Å². The third kappa shape index (κ3) is 4.89. The Hall–Kier alpha value is -0.0800. The Bertz CT molecular complexity index is 215.